The Morgan fingerprint density at radius 1 is 0.871 bits per heavy atom. The molecule has 3 N–H and O–H groups in total. The van der Waals surface area contributed by atoms with Crippen LogP contribution in [0.3, 0.4) is 0 Å². The zero-order chi connectivity index (χ0) is 22.1. The number of carbonyl (C=O) groups excluding carboxylic acids is 1. The number of benzene rings is 2. The number of ether oxygens (including phenoxy) is 3. The van der Waals surface area contributed by atoms with E-state index in [9.17, 15) is 4.79 Å². The fourth-order valence-corrected chi connectivity index (χ4v) is 4.16. The van der Waals surface area contributed by atoms with Crippen LogP contribution >= 0.6 is 0 Å². The van der Waals surface area contributed by atoms with Gasteiger partial charge in [0.1, 0.15) is 32.7 Å². The van der Waals surface area contributed by atoms with Crippen molar-refractivity contribution in [1.82, 2.24) is 5.32 Å². The maximum Gasteiger partial charge on any atom is 0.275 e. The highest BCUT2D eigenvalue weighted by atomic mass is 16.5. The maximum atomic E-state index is 12.3. The Morgan fingerprint density at radius 3 is 2.19 bits per heavy atom. The van der Waals surface area contributed by atoms with Crippen molar-refractivity contribution in [2.24, 2.45) is 0 Å². The number of hydrogen-bond donors (Lipinski definition) is 3. The molecule has 2 aromatic carbocycles. The summed E-state index contributed by atoms with van der Waals surface area (Å²) in [5.41, 5.74) is 2.36. The molecule has 0 unspecified atom stereocenters. The summed E-state index contributed by atoms with van der Waals surface area (Å²) in [5.74, 6) is 2.18. The normalized spacial score (nSPS) is 18.3. The molecule has 168 valence electrons. The summed E-state index contributed by atoms with van der Waals surface area (Å²) in [6.07, 6.45) is 0.868. The Morgan fingerprint density at radius 2 is 1.55 bits per heavy atom. The molecular weight excluding hydrogens is 394 g/mol. The van der Waals surface area contributed by atoms with Gasteiger partial charge in [-0.3, -0.25) is 4.79 Å². The average Bonchev–Trinajstić information content (AvgIpc) is 2.80. The first-order chi connectivity index (χ1) is 15.1. The van der Waals surface area contributed by atoms with Crippen molar-refractivity contribution in [2.75, 3.05) is 60.6 Å². The van der Waals surface area contributed by atoms with Gasteiger partial charge in [-0.25, -0.2) is 0 Å². The number of rotatable bonds is 10. The molecule has 0 spiro atoms. The molecule has 31 heavy (non-hydrogen) atoms. The number of hydrogen-bond acceptors (Lipinski definition) is 4. The van der Waals surface area contributed by atoms with E-state index in [1.165, 1.54) is 15.4 Å². The van der Waals surface area contributed by atoms with Gasteiger partial charge in [-0.2, -0.15) is 0 Å². The molecular formula is C24H35N3O4+2. The van der Waals surface area contributed by atoms with Crippen molar-refractivity contribution in [3.63, 3.8) is 0 Å². The number of piperazine rings is 1. The van der Waals surface area contributed by atoms with Gasteiger partial charge >= 0.3 is 0 Å². The maximum absolute atomic E-state index is 12.3. The van der Waals surface area contributed by atoms with Crippen LogP contribution in [-0.4, -0.2) is 66.5 Å². The van der Waals surface area contributed by atoms with E-state index >= 15 is 0 Å². The minimum atomic E-state index is 0.135. The molecule has 0 aliphatic carbocycles. The fraction of sp³-hybridized carbons (Fsp3) is 0.458. The van der Waals surface area contributed by atoms with Crippen LogP contribution in [0.1, 0.15) is 11.1 Å². The van der Waals surface area contributed by atoms with Crippen LogP contribution in [0.15, 0.2) is 42.5 Å². The molecule has 7 nitrogen and oxygen atoms in total. The van der Waals surface area contributed by atoms with Gasteiger partial charge in [0.15, 0.2) is 18.0 Å². The predicted octanol–water partition coefficient (Wildman–Crippen LogP) is -0.645. The van der Waals surface area contributed by atoms with Gasteiger partial charge in [0.2, 0.25) is 5.75 Å². The van der Waals surface area contributed by atoms with Crippen molar-refractivity contribution in [2.45, 2.75) is 13.0 Å². The summed E-state index contributed by atoms with van der Waals surface area (Å²) in [4.78, 5) is 15.1. The van der Waals surface area contributed by atoms with E-state index in [4.69, 9.17) is 14.2 Å². The summed E-state index contributed by atoms with van der Waals surface area (Å²) < 4.78 is 16.5. The number of amides is 1. The zero-order valence-electron chi connectivity index (χ0n) is 18.8. The lowest BCUT2D eigenvalue weighted by Gasteiger charge is -2.29. The van der Waals surface area contributed by atoms with E-state index in [1.54, 1.807) is 21.3 Å². The third-order valence-electron chi connectivity index (χ3n) is 5.88. The van der Waals surface area contributed by atoms with Crippen LogP contribution in [0, 0.1) is 0 Å². The smallest absolute Gasteiger partial charge is 0.275 e. The number of nitrogens with one attached hydrogen (secondary N) is 3. The molecule has 1 heterocycles. The lowest BCUT2D eigenvalue weighted by Crippen LogP contribution is -3.28. The lowest BCUT2D eigenvalue weighted by atomic mass is 10.1. The third kappa shape index (κ3) is 6.35. The Hall–Kier alpha value is -2.77. The van der Waals surface area contributed by atoms with Gasteiger partial charge in [-0.05, 0) is 24.1 Å². The largest absolute Gasteiger partial charge is 0.493 e. The van der Waals surface area contributed by atoms with Gasteiger partial charge in [-0.15, -0.1) is 0 Å². The average molecular weight is 430 g/mol. The van der Waals surface area contributed by atoms with Gasteiger partial charge in [0.05, 0.1) is 26.9 Å². The molecule has 3 rings (SSSR count). The highest BCUT2D eigenvalue weighted by Crippen LogP contribution is 2.39. The standard InChI is InChI=1S/C24H33N3O4/c1-29-21-10-9-20(23(30-2)24(21)31-3)17-26-13-15-27(16-14-26)18-22(28)25-12-11-19-7-5-4-6-8-19/h4-10H,11-18H2,1-3H3,(H,25,28)/p+2. The molecule has 0 saturated carbocycles. The molecule has 0 bridgehead atoms. The molecule has 7 heteroatoms. The third-order valence-corrected chi connectivity index (χ3v) is 5.88. The van der Waals surface area contributed by atoms with Crippen LogP contribution in [0.4, 0.5) is 0 Å². The van der Waals surface area contributed by atoms with Crippen LogP contribution in [0.25, 0.3) is 0 Å². The molecule has 0 atom stereocenters. The van der Waals surface area contributed by atoms with Crippen molar-refractivity contribution < 1.29 is 28.8 Å². The molecule has 0 aromatic heterocycles. The van der Waals surface area contributed by atoms with Crippen molar-refractivity contribution in [3.8, 4) is 17.2 Å². The minimum absolute atomic E-state index is 0.135. The van der Waals surface area contributed by atoms with Crippen LogP contribution < -0.4 is 29.3 Å². The second kappa shape index (κ2) is 11.6. The highest BCUT2D eigenvalue weighted by molar-refractivity contribution is 5.76. The first-order valence-electron chi connectivity index (χ1n) is 10.9. The lowest BCUT2D eigenvalue weighted by molar-refractivity contribution is -1.02. The molecule has 1 aliphatic rings. The van der Waals surface area contributed by atoms with E-state index in [-0.39, 0.29) is 5.91 Å². The first kappa shape index (κ1) is 22.9. The highest BCUT2D eigenvalue weighted by Gasteiger charge is 2.26. The first-order valence-corrected chi connectivity index (χ1v) is 10.9. The van der Waals surface area contributed by atoms with Gasteiger partial charge < -0.3 is 29.3 Å². The number of carbonyl (C=O) groups is 1. The van der Waals surface area contributed by atoms with E-state index in [0.717, 1.165) is 50.5 Å². The van der Waals surface area contributed by atoms with Crippen molar-refractivity contribution in [1.29, 1.82) is 0 Å². The Kier molecular flexibility index (Phi) is 8.55. The summed E-state index contributed by atoms with van der Waals surface area (Å²) >= 11 is 0. The Balaban J connectivity index is 1.44. The molecule has 1 amide bonds. The monoisotopic (exact) mass is 429 g/mol. The van der Waals surface area contributed by atoms with Crippen molar-refractivity contribution >= 4 is 5.91 Å². The minimum Gasteiger partial charge on any atom is -0.493 e. The van der Waals surface area contributed by atoms with E-state index in [1.807, 2.05) is 30.3 Å². The summed E-state index contributed by atoms with van der Waals surface area (Å²) in [7, 11) is 4.92. The molecule has 2 aromatic rings. The second-order valence-electron chi connectivity index (χ2n) is 7.93. The fourth-order valence-electron chi connectivity index (χ4n) is 4.16. The molecule has 1 fully saturated rings. The summed E-state index contributed by atoms with van der Waals surface area (Å²) in [6, 6.07) is 14.2. The second-order valence-corrected chi connectivity index (χ2v) is 7.93. The number of quaternary nitrogens is 2. The summed E-state index contributed by atoms with van der Waals surface area (Å²) in [5, 5.41) is 3.06. The van der Waals surface area contributed by atoms with E-state index in [2.05, 4.69) is 17.4 Å². The van der Waals surface area contributed by atoms with E-state index in [0.29, 0.717) is 24.6 Å². The van der Waals surface area contributed by atoms with Crippen LogP contribution in [0.5, 0.6) is 17.2 Å². The quantitative estimate of drug-likeness (QED) is 0.470. The number of methoxy groups -OCH3 is 3. The predicted molar refractivity (Wildman–Crippen MR) is 119 cm³/mol. The van der Waals surface area contributed by atoms with E-state index < -0.39 is 0 Å². The zero-order valence-corrected chi connectivity index (χ0v) is 18.8. The van der Waals surface area contributed by atoms with Crippen molar-refractivity contribution in [3.05, 3.63) is 53.6 Å². The SMILES string of the molecule is COc1ccc(C[NH+]2CC[NH+](CC(=O)NCCc3ccccc3)CC2)c(OC)c1OC. The van der Waals surface area contributed by atoms with Crippen LogP contribution in [0.2, 0.25) is 0 Å². The molecule has 0 radical (unpaired) electrons. The molecule has 1 aliphatic heterocycles. The summed E-state index contributed by atoms with van der Waals surface area (Å²) in [6.45, 7) is 6.09. The van der Waals surface area contributed by atoms with Gasteiger partial charge in [0.25, 0.3) is 5.91 Å². The topological polar surface area (TPSA) is 65.7 Å². The van der Waals surface area contributed by atoms with Gasteiger partial charge in [0, 0.05) is 6.54 Å². The van der Waals surface area contributed by atoms with Gasteiger partial charge in [-0.1, -0.05) is 30.3 Å². The van der Waals surface area contributed by atoms with Crippen LogP contribution in [-0.2, 0) is 17.8 Å². The Labute approximate surface area is 184 Å². The molecule has 1 saturated heterocycles. The Bertz CT molecular complexity index is 836.